The zero-order valence-corrected chi connectivity index (χ0v) is 13.6. The minimum absolute atomic E-state index is 0.191. The number of carbonyl (C=O) groups is 1. The Morgan fingerprint density at radius 2 is 2.21 bits per heavy atom. The maximum absolute atomic E-state index is 12.5. The van der Waals surface area contributed by atoms with Gasteiger partial charge in [0.25, 0.3) is 0 Å². The summed E-state index contributed by atoms with van der Waals surface area (Å²) in [5.74, 6) is 0.668. The second kappa shape index (κ2) is 6.51. The van der Waals surface area contributed by atoms with Gasteiger partial charge >= 0.3 is 0 Å². The second-order valence-corrected chi connectivity index (χ2v) is 6.54. The van der Waals surface area contributed by atoms with E-state index in [2.05, 4.69) is 15.6 Å². The number of likely N-dealkylation sites (tertiary alicyclic amines) is 1. The first-order valence-electron chi connectivity index (χ1n) is 8.48. The molecule has 1 aliphatic heterocycles. The molecule has 0 radical (unpaired) electrons. The molecule has 0 N–H and O–H groups in total. The number of carbonyl (C=O) groups excluding carboxylic acids is 1. The van der Waals surface area contributed by atoms with Crippen LogP contribution in [0.15, 0.2) is 53.6 Å². The van der Waals surface area contributed by atoms with Crippen molar-refractivity contribution < 1.29 is 9.21 Å². The summed E-state index contributed by atoms with van der Waals surface area (Å²) in [5, 5.41) is 0. The number of nitrogens with zero attached hydrogens (tertiary/aromatic N) is 3. The van der Waals surface area contributed by atoms with Gasteiger partial charge in [-0.1, -0.05) is 12.1 Å². The molecule has 0 aliphatic carbocycles. The van der Waals surface area contributed by atoms with E-state index in [9.17, 15) is 4.79 Å². The average Bonchev–Trinajstić information content (AvgIpc) is 3.26. The van der Waals surface area contributed by atoms with Crippen LogP contribution in [-0.2, 0) is 17.8 Å². The number of para-hydroxylation sites is 2. The average molecular weight is 323 g/mol. The van der Waals surface area contributed by atoms with Crippen LogP contribution in [0.3, 0.4) is 0 Å². The van der Waals surface area contributed by atoms with Gasteiger partial charge in [0.1, 0.15) is 0 Å². The first-order chi connectivity index (χ1) is 11.8. The molecule has 5 heteroatoms. The van der Waals surface area contributed by atoms with Crippen LogP contribution < -0.4 is 0 Å². The highest BCUT2D eigenvalue weighted by Gasteiger charge is 2.24. The van der Waals surface area contributed by atoms with E-state index in [0.717, 1.165) is 43.6 Å². The number of hydrogen-bond donors (Lipinski definition) is 0. The summed E-state index contributed by atoms with van der Waals surface area (Å²) in [6, 6.07) is 10.1. The number of rotatable bonds is 4. The molecule has 1 fully saturated rings. The second-order valence-electron chi connectivity index (χ2n) is 6.54. The number of piperidine rings is 1. The molecule has 1 atom stereocenters. The van der Waals surface area contributed by atoms with Crippen molar-refractivity contribution in [3.05, 3.63) is 54.7 Å². The summed E-state index contributed by atoms with van der Waals surface area (Å²) in [4.78, 5) is 19.0. The van der Waals surface area contributed by atoms with Crippen LogP contribution in [0.1, 0.15) is 18.4 Å². The Balaban J connectivity index is 1.42. The Labute approximate surface area is 140 Å². The molecule has 0 saturated carbocycles. The SMILES string of the molecule is O=C(Cc1ccoc1)N1CCCC(Cn2cnc3ccccc32)C1. The van der Waals surface area contributed by atoms with Gasteiger partial charge in [-0.25, -0.2) is 4.98 Å². The third-order valence-electron chi connectivity index (χ3n) is 4.79. The summed E-state index contributed by atoms with van der Waals surface area (Å²) >= 11 is 0. The number of amides is 1. The third kappa shape index (κ3) is 3.07. The molecule has 5 nitrogen and oxygen atoms in total. The van der Waals surface area contributed by atoms with Crippen LogP contribution in [0.25, 0.3) is 11.0 Å². The first-order valence-corrected chi connectivity index (χ1v) is 8.48. The molecule has 3 heterocycles. The van der Waals surface area contributed by atoms with E-state index in [-0.39, 0.29) is 5.91 Å². The molecule has 0 bridgehead atoms. The molecule has 2 aromatic heterocycles. The van der Waals surface area contributed by atoms with Crippen LogP contribution in [0.4, 0.5) is 0 Å². The Kier molecular flexibility index (Phi) is 4.07. The lowest BCUT2D eigenvalue weighted by molar-refractivity contribution is -0.132. The number of aromatic nitrogens is 2. The third-order valence-corrected chi connectivity index (χ3v) is 4.79. The van der Waals surface area contributed by atoms with Crippen molar-refractivity contribution in [2.75, 3.05) is 13.1 Å². The molecule has 3 aromatic rings. The molecule has 1 aromatic carbocycles. The molecule has 1 unspecified atom stereocenters. The molecule has 4 rings (SSSR count). The summed E-state index contributed by atoms with van der Waals surface area (Å²) in [5.41, 5.74) is 3.14. The highest BCUT2D eigenvalue weighted by Crippen LogP contribution is 2.21. The summed E-state index contributed by atoms with van der Waals surface area (Å²) < 4.78 is 7.27. The van der Waals surface area contributed by atoms with Crippen molar-refractivity contribution in [3.8, 4) is 0 Å². The van der Waals surface area contributed by atoms with Crippen molar-refractivity contribution in [2.24, 2.45) is 5.92 Å². The first kappa shape index (κ1) is 15.0. The number of fused-ring (bicyclic) bond motifs is 1. The van der Waals surface area contributed by atoms with E-state index in [0.29, 0.717) is 12.3 Å². The highest BCUT2D eigenvalue weighted by atomic mass is 16.3. The number of benzene rings is 1. The van der Waals surface area contributed by atoms with Crippen LogP contribution >= 0.6 is 0 Å². The van der Waals surface area contributed by atoms with Gasteiger partial charge in [-0.15, -0.1) is 0 Å². The van der Waals surface area contributed by atoms with Crippen molar-refractivity contribution in [1.82, 2.24) is 14.5 Å². The lowest BCUT2D eigenvalue weighted by Gasteiger charge is -2.33. The maximum Gasteiger partial charge on any atom is 0.227 e. The topological polar surface area (TPSA) is 51.3 Å². The molecular formula is C19H21N3O2. The van der Waals surface area contributed by atoms with E-state index in [1.165, 1.54) is 5.52 Å². The van der Waals surface area contributed by atoms with Gasteiger partial charge in [-0.05, 0) is 42.5 Å². The number of furan rings is 1. The Bertz CT molecular complexity index is 822. The van der Waals surface area contributed by atoms with E-state index in [1.807, 2.05) is 35.5 Å². The van der Waals surface area contributed by atoms with Crippen molar-refractivity contribution >= 4 is 16.9 Å². The molecule has 1 amide bonds. The van der Waals surface area contributed by atoms with Crippen molar-refractivity contribution in [1.29, 1.82) is 0 Å². The smallest absolute Gasteiger partial charge is 0.227 e. The molecule has 24 heavy (non-hydrogen) atoms. The fraction of sp³-hybridized carbons (Fsp3) is 0.368. The van der Waals surface area contributed by atoms with E-state index in [1.54, 1.807) is 12.5 Å². The van der Waals surface area contributed by atoms with Crippen molar-refractivity contribution in [3.63, 3.8) is 0 Å². The van der Waals surface area contributed by atoms with Gasteiger partial charge in [0.05, 0.1) is 36.3 Å². The Hall–Kier alpha value is -2.56. The van der Waals surface area contributed by atoms with Gasteiger partial charge in [0, 0.05) is 19.6 Å². The summed E-state index contributed by atoms with van der Waals surface area (Å²) in [7, 11) is 0. The van der Waals surface area contributed by atoms with Crippen LogP contribution in [0, 0.1) is 5.92 Å². The number of imidazole rings is 1. The van der Waals surface area contributed by atoms with E-state index < -0.39 is 0 Å². The monoisotopic (exact) mass is 323 g/mol. The predicted octanol–water partition coefficient (Wildman–Crippen LogP) is 3.11. The van der Waals surface area contributed by atoms with Crippen molar-refractivity contribution in [2.45, 2.75) is 25.8 Å². The number of hydrogen-bond acceptors (Lipinski definition) is 3. The lowest BCUT2D eigenvalue weighted by Crippen LogP contribution is -2.41. The van der Waals surface area contributed by atoms with Gasteiger partial charge in [0.2, 0.25) is 5.91 Å². The van der Waals surface area contributed by atoms with E-state index in [4.69, 9.17) is 4.42 Å². The zero-order chi connectivity index (χ0) is 16.4. The minimum atomic E-state index is 0.191. The minimum Gasteiger partial charge on any atom is -0.472 e. The Morgan fingerprint density at radius 3 is 3.08 bits per heavy atom. The van der Waals surface area contributed by atoms with Gasteiger partial charge in [0.15, 0.2) is 0 Å². The molecule has 1 aliphatic rings. The van der Waals surface area contributed by atoms with Gasteiger partial charge < -0.3 is 13.9 Å². The maximum atomic E-state index is 12.5. The normalized spacial score (nSPS) is 18.2. The molecule has 124 valence electrons. The lowest BCUT2D eigenvalue weighted by atomic mass is 9.97. The highest BCUT2D eigenvalue weighted by molar-refractivity contribution is 5.78. The van der Waals surface area contributed by atoms with Crippen LogP contribution in [-0.4, -0.2) is 33.4 Å². The summed E-state index contributed by atoms with van der Waals surface area (Å²) in [6.07, 6.45) is 7.83. The standard InChI is InChI=1S/C19H21N3O2/c23-19(10-15-7-9-24-13-15)21-8-3-4-16(11-21)12-22-14-20-17-5-1-2-6-18(17)22/h1-2,5-7,9,13-14,16H,3-4,8,10-12H2. The fourth-order valence-electron chi connectivity index (χ4n) is 3.55. The molecule has 0 spiro atoms. The van der Waals surface area contributed by atoms with Gasteiger partial charge in [-0.3, -0.25) is 4.79 Å². The van der Waals surface area contributed by atoms with Crippen LogP contribution in [0.2, 0.25) is 0 Å². The Morgan fingerprint density at radius 1 is 1.29 bits per heavy atom. The molecular weight excluding hydrogens is 302 g/mol. The largest absolute Gasteiger partial charge is 0.472 e. The zero-order valence-electron chi connectivity index (χ0n) is 13.6. The summed E-state index contributed by atoms with van der Waals surface area (Å²) in [6.45, 7) is 2.59. The fourth-order valence-corrected chi connectivity index (χ4v) is 3.55. The van der Waals surface area contributed by atoms with Crippen LogP contribution in [0.5, 0.6) is 0 Å². The predicted molar refractivity (Wildman–Crippen MR) is 91.4 cm³/mol. The van der Waals surface area contributed by atoms with E-state index >= 15 is 0 Å². The quantitative estimate of drug-likeness (QED) is 0.741. The van der Waals surface area contributed by atoms with Gasteiger partial charge in [-0.2, -0.15) is 0 Å². The molecule has 1 saturated heterocycles.